The van der Waals surface area contributed by atoms with Gasteiger partial charge in [-0.25, -0.2) is 0 Å². The van der Waals surface area contributed by atoms with Gasteiger partial charge in [-0.05, 0) is 13.3 Å². The van der Waals surface area contributed by atoms with E-state index in [1.165, 1.54) is 0 Å². The summed E-state index contributed by atoms with van der Waals surface area (Å²) in [6, 6.07) is 0.226. The second-order valence-electron chi connectivity index (χ2n) is 3.21. The molecule has 0 radical (unpaired) electrons. The minimum absolute atomic E-state index is 0. The third-order valence-electron chi connectivity index (χ3n) is 2.23. The zero-order valence-corrected chi connectivity index (χ0v) is 9.43. The third-order valence-corrected chi connectivity index (χ3v) is 2.23. The standard InChI is InChI=1S/C9H17NO3.ClH/c1-3-13-9(11)5-7-4-8(12-2)6-10-7;/h7-8,10H,3-6H2,1-2H3;1H. The van der Waals surface area contributed by atoms with Gasteiger partial charge in [0.2, 0.25) is 0 Å². The van der Waals surface area contributed by atoms with E-state index in [0.29, 0.717) is 13.0 Å². The molecule has 0 aromatic heterocycles. The van der Waals surface area contributed by atoms with Crippen LogP contribution in [-0.4, -0.2) is 38.4 Å². The smallest absolute Gasteiger partial charge is 0.307 e. The fourth-order valence-corrected chi connectivity index (χ4v) is 1.54. The number of ether oxygens (including phenoxy) is 2. The molecule has 0 aromatic carbocycles. The summed E-state index contributed by atoms with van der Waals surface area (Å²) < 4.78 is 10.0. The molecule has 0 bridgehead atoms. The van der Waals surface area contributed by atoms with Gasteiger partial charge in [0, 0.05) is 19.7 Å². The van der Waals surface area contributed by atoms with Crippen LogP contribution in [0.3, 0.4) is 0 Å². The Morgan fingerprint density at radius 2 is 2.29 bits per heavy atom. The van der Waals surface area contributed by atoms with Gasteiger partial charge in [0.05, 0.1) is 19.1 Å². The highest BCUT2D eigenvalue weighted by Crippen LogP contribution is 2.12. The molecule has 84 valence electrons. The maximum absolute atomic E-state index is 11.1. The Kier molecular flexibility index (Phi) is 6.87. The number of halogens is 1. The van der Waals surface area contributed by atoms with Gasteiger partial charge < -0.3 is 14.8 Å². The van der Waals surface area contributed by atoms with E-state index < -0.39 is 0 Å². The lowest BCUT2D eigenvalue weighted by atomic mass is 10.1. The van der Waals surface area contributed by atoms with Crippen molar-refractivity contribution in [3.63, 3.8) is 0 Å². The van der Waals surface area contributed by atoms with Gasteiger partial charge in [0.25, 0.3) is 0 Å². The van der Waals surface area contributed by atoms with Crippen LogP contribution < -0.4 is 5.32 Å². The molecule has 0 aromatic rings. The molecule has 1 heterocycles. The summed E-state index contributed by atoms with van der Waals surface area (Å²) in [5, 5.41) is 3.22. The normalized spacial score (nSPS) is 25.6. The van der Waals surface area contributed by atoms with Gasteiger partial charge in [0.1, 0.15) is 0 Å². The van der Waals surface area contributed by atoms with E-state index in [1.807, 2.05) is 6.92 Å². The lowest BCUT2D eigenvalue weighted by Gasteiger charge is -2.08. The van der Waals surface area contributed by atoms with Crippen LogP contribution >= 0.6 is 12.4 Å². The Labute approximate surface area is 90.7 Å². The van der Waals surface area contributed by atoms with Crippen molar-refractivity contribution in [1.29, 1.82) is 0 Å². The molecule has 0 spiro atoms. The fraction of sp³-hybridized carbons (Fsp3) is 0.889. The van der Waals surface area contributed by atoms with Crippen LogP contribution in [-0.2, 0) is 14.3 Å². The van der Waals surface area contributed by atoms with Crippen molar-refractivity contribution in [2.24, 2.45) is 0 Å². The largest absolute Gasteiger partial charge is 0.466 e. The Balaban J connectivity index is 0.00000169. The van der Waals surface area contributed by atoms with E-state index in [1.54, 1.807) is 7.11 Å². The van der Waals surface area contributed by atoms with Crippen molar-refractivity contribution in [3.8, 4) is 0 Å². The van der Waals surface area contributed by atoms with Crippen LogP contribution in [0.1, 0.15) is 19.8 Å². The zero-order valence-electron chi connectivity index (χ0n) is 8.62. The van der Waals surface area contributed by atoms with E-state index in [-0.39, 0.29) is 30.5 Å². The molecule has 0 aliphatic carbocycles. The van der Waals surface area contributed by atoms with Gasteiger partial charge in [0.15, 0.2) is 0 Å². The van der Waals surface area contributed by atoms with E-state index in [4.69, 9.17) is 9.47 Å². The van der Waals surface area contributed by atoms with Crippen molar-refractivity contribution in [2.45, 2.75) is 31.9 Å². The van der Waals surface area contributed by atoms with Crippen molar-refractivity contribution in [1.82, 2.24) is 5.32 Å². The minimum atomic E-state index is -0.128. The molecule has 1 aliphatic rings. The van der Waals surface area contributed by atoms with Crippen LogP contribution in [0.2, 0.25) is 0 Å². The molecular weight excluding hydrogens is 206 g/mol. The number of carbonyl (C=O) groups excluding carboxylic acids is 1. The molecule has 2 unspecified atom stereocenters. The topological polar surface area (TPSA) is 47.6 Å². The number of carbonyl (C=O) groups is 1. The molecule has 14 heavy (non-hydrogen) atoms. The second-order valence-corrected chi connectivity index (χ2v) is 3.21. The van der Waals surface area contributed by atoms with E-state index >= 15 is 0 Å². The highest BCUT2D eigenvalue weighted by molar-refractivity contribution is 5.85. The summed E-state index contributed by atoms with van der Waals surface area (Å²) in [7, 11) is 1.69. The monoisotopic (exact) mass is 223 g/mol. The number of methoxy groups -OCH3 is 1. The van der Waals surface area contributed by atoms with Crippen LogP contribution in [0.4, 0.5) is 0 Å². The molecule has 4 nitrogen and oxygen atoms in total. The van der Waals surface area contributed by atoms with Crippen LogP contribution in [0.5, 0.6) is 0 Å². The molecule has 1 saturated heterocycles. The first-order chi connectivity index (χ1) is 6.26. The summed E-state index contributed by atoms with van der Waals surface area (Å²) in [5.74, 6) is -0.128. The Morgan fingerprint density at radius 1 is 1.57 bits per heavy atom. The quantitative estimate of drug-likeness (QED) is 0.715. The van der Waals surface area contributed by atoms with Crippen molar-refractivity contribution >= 4 is 18.4 Å². The Hall–Kier alpha value is -0.320. The highest BCUT2D eigenvalue weighted by Gasteiger charge is 2.25. The first-order valence-corrected chi connectivity index (χ1v) is 4.68. The maximum Gasteiger partial charge on any atom is 0.307 e. The summed E-state index contributed by atoms with van der Waals surface area (Å²) in [6.45, 7) is 3.11. The number of hydrogen-bond donors (Lipinski definition) is 1. The number of nitrogens with one attached hydrogen (secondary N) is 1. The van der Waals surface area contributed by atoms with Crippen LogP contribution in [0.25, 0.3) is 0 Å². The Bertz CT molecular complexity index is 177. The fourth-order valence-electron chi connectivity index (χ4n) is 1.54. The Morgan fingerprint density at radius 3 is 2.79 bits per heavy atom. The molecule has 5 heteroatoms. The molecule has 1 fully saturated rings. The molecule has 1 aliphatic heterocycles. The second kappa shape index (κ2) is 7.04. The van der Waals surface area contributed by atoms with Crippen molar-refractivity contribution in [3.05, 3.63) is 0 Å². The predicted molar refractivity (Wildman–Crippen MR) is 55.7 cm³/mol. The summed E-state index contributed by atoms with van der Waals surface area (Å²) in [6.07, 6.45) is 1.60. The average molecular weight is 224 g/mol. The first kappa shape index (κ1) is 13.7. The van der Waals surface area contributed by atoms with Crippen molar-refractivity contribution < 1.29 is 14.3 Å². The maximum atomic E-state index is 11.1. The molecule has 0 saturated carbocycles. The number of esters is 1. The van der Waals surface area contributed by atoms with E-state index in [2.05, 4.69) is 5.32 Å². The molecule has 2 atom stereocenters. The van der Waals surface area contributed by atoms with E-state index in [9.17, 15) is 4.79 Å². The summed E-state index contributed by atoms with van der Waals surface area (Å²) in [5.41, 5.74) is 0. The van der Waals surface area contributed by atoms with Gasteiger partial charge in [-0.15, -0.1) is 12.4 Å². The summed E-state index contributed by atoms with van der Waals surface area (Å²) in [4.78, 5) is 11.1. The molecule has 1 N–H and O–H groups in total. The van der Waals surface area contributed by atoms with Crippen LogP contribution in [0, 0.1) is 0 Å². The average Bonchev–Trinajstić information content (AvgIpc) is 2.52. The molecular formula is C9H18ClNO3. The van der Waals surface area contributed by atoms with Gasteiger partial charge in [-0.3, -0.25) is 4.79 Å². The van der Waals surface area contributed by atoms with Crippen molar-refractivity contribution in [2.75, 3.05) is 20.3 Å². The predicted octanol–water partition coefficient (Wildman–Crippen LogP) is 0.738. The molecule has 0 amide bonds. The lowest BCUT2D eigenvalue weighted by Crippen LogP contribution is -2.25. The highest BCUT2D eigenvalue weighted by atomic mass is 35.5. The zero-order chi connectivity index (χ0) is 9.68. The third kappa shape index (κ3) is 4.26. The van der Waals surface area contributed by atoms with E-state index in [0.717, 1.165) is 13.0 Å². The number of hydrogen-bond acceptors (Lipinski definition) is 4. The number of rotatable bonds is 4. The first-order valence-electron chi connectivity index (χ1n) is 4.68. The minimum Gasteiger partial charge on any atom is -0.466 e. The lowest BCUT2D eigenvalue weighted by molar-refractivity contribution is -0.143. The SMILES string of the molecule is CCOC(=O)CC1CC(OC)CN1.Cl. The molecule has 1 rings (SSSR count). The van der Waals surface area contributed by atoms with Gasteiger partial charge in [-0.2, -0.15) is 0 Å². The van der Waals surface area contributed by atoms with Gasteiger partial charge >= 0.3 is 5.97 Å². The summed E-state index contributed by atoms with van der Waals surface area (Å²) >= 11 is 0. The van der Waals surface area contributed by atoms with Gasteiger partial charge in [-0.1, -0.05) is 0 Å². The van der Waals surface area contributed by atoms with Crippen LogP contribution in [0.15, 0.2) is 0 Å².